The lowest BCUT2D eigenvalue weighted by Crippen LogP contribution is -2.28. The summed E-state index contributed by atoms with van der Waals surface area (Å²) in [5, 5.41) is 10.8. The highest BCUT2D eigenvalue weighted by Crippen LogP contribution is 2.34. The summed E-state index contributed by atoms with van der Waals surface area (Å²) in [5.74, 6) is 0.801. The molecule has 0 unspecified atom stereocenters. The van der Waals surface area contributed by atoms with E-state index in [4.69, 9.17) is 9.47 Å². The number of ether oxygens (including phenoxy) is 2. The standard InChI is InChI=1S/C21H18N6O4/c1-13-2-4-14(5-3-13)9-27-20-19(24-25-27)21(29)26(11-22-20)10-18(28)23-15-6-7-16-17(8-15)31-12-30-16/h2-8,11H,9-10,12H2,1H3,(H,23,28). The van der Waals surface area contributed by atoms with Gasteiger partial charge in [0.05, 0.1) is 6.54 Å². The highest BCUT2D eigenvalue weighted by Gasteiger charge is 2.16. The third-order valence-corrected chi connectivity index (χ3v) is 4.92. The molecule has 2 aromatic carbocycles. The molecule has 0 fully saturated rings. The second kappa shape index (κ2) is 7.56. The van der Waals surface area contributed by atoms with Gasteiger partial charge in [-0.15, -0.1) is 5.10 Å². The van der Waals surface area contributed by atoms with Crippen LogP contribution in [-0.4, -0.2) is 37.2 Å². The summed E-state index contributed by atoms with van der Waals surface area (Å²) in [7, 11) is 0. The van der Waals surface area contributed by atoms with E-state index in [1.165, 1.54) is 10.9 Å². The predicted molar refractivity (Wildman–Crippen MR) is 111 cm³/mol. The third-order valence-electron chi connectivity index (χ3n) is 4.92. The average molecular weight is 418 g/mol. The first-order chi connectivity index (χ1) is 15.1. The van der Waals surface area contributed by atoms with Crippen molar-refractivity contribution in [2.75, 3.05) is 12.1 Å². The number of fused-ring (bicyclic) bond motifs is 2. The topological polar surface area (TPSA) is 113 Å². The Hall–Kier alpha value is -4.21. The molecule has 0 atom stereocenters. The quantitative estimate of drug-likeness (QED) is 0.525. The Morgan fingerprint density at radius 3 is 2.77 bits per heavy atom. The molecule has 10 heteroatoms. The van der Waals surface area contributed by atoms with E-state index < -0.39 is 5.56 Å². The summed E-state index contributed by atoms with van der Waals surface area (Å²) in [6.07, 6.45) is 1.33. The van der Waals surface area contributed by atoms with Gasteiger partial charge in [-0.25, -0.2) is 9.67 Å². The second-order valence-corrected chi connectivity index (χ2v) is 7.20. The van der Waals surface area contributed by atoms with Gasteiger partial charge >= 0.3 is 0 Å². The van der Waals surface area contributed by atoms with Crippen LogP contribution in [0.1, 0.15) is 11.1 Å². The van der Waals surface area contributed by atoms with Crippen molar-refractivity contribution in [2.45, 2.75) is 20.0 Å². The summed E-state index contributed by atoms with van der Waals surface area (Å²) in [6.45, 7) is 2.40. The molecule has 5 rings (SSSR count). The maximum absolute atomic E-state index is 12.8. The van der Waals surface area contributed by atoms with Gasteiger partial charge in [0.15, 0.2) is 22.7 Å². The van der Waals surface area contributed by atoms with Crippen LogP contribution < -0.4 is 20.3 Å². The lowest BCUT2D eigenvalue weighted by Gasteiger charge is -2.08. The number of aromatic nitrogens is 5. The Labute approximate surface area is 176 Å². The van der Waals surface area contributed by atoms with Crippen LogP contribution in [0.15, 0.2) is 53.6 Å². The lowest BCUT2D eigenvalue weighted by molar-refractivity contribution is -0.116. The maximum atomic E-state index is 12.8. The minimum atomic E-state index is -0.430. The highest BCUT2D eigenvalue weighted by atomic mass is 16.7. The molecular weight excluding hydrogens is 400 g/mol. The minimum absolute atomic E-state index is 0.116. The number of aryl methyl sites for hydroxylation is 1. The van der Waals surface area contributed by atoms with E-state index in [1.807, 2.05) is 31.2 Å². The van der Waals surface area contributed by atoms with E-state index in [-0.39, 0.29) is 24.8 Å². The Bertz CT molecular complexity index is 1340. The fourth-order valence-corrected chi connectivity index (χ4v) is 3.30. The molecule has 0 radical (unpaired) electrons. The van der Waals surface area contributed by atoms with Crippen LogP contribution in [0.2, 0.25) is 0 Å². The van der Waals surface area contributed by atoms with Gasteiger partial charge in [0.1, 0.15) is 12.9 Å². The molecule has 2 aromatic heterocycles. The van der Waals surface area contributed by atoms with Crippen LogP contribution in [0, 0.1) is 6.92 Å². The molecule has 1 N–H and O–H groups in total. The molecule has 0 spiro atoms. The summed E-state index contributed by atoms with van der Waals surface area (Å²) in [4.78, 5) is 29.5. The summed E-state index contributed by atoms with van der Waals surface area (Å²) >= 11 is 0. The molecule has 0 bridgehead atoms. The van der Waals surface area contributed by atoms with Gasteiger partial charge in [-0.05, 0) is 24.6 Å². The fraction of sp³-hybridized carbons (Fsp3) is 0.190. The average Bonchev–Trinajstić information content (AvgIpc) is 3.39. The Morgan fingerprint density at radius 2 is 1.94 bits per heavy atom. The second-order valence-electron chi connectivity index (χ2n) is 7.20. The van der Waals surface area contributed by atoms with Crippen LogP contribution in [0.5, 0.6) is 11.5 Å². The zero-order valence-corrected chi connectivity index (χ0v) is 16.6. The zero-order chi connectivity index (χ0) is 21.4. The van der Waals surface area contributed by atoms with Crippen molar-refractivity contribution in [3.05, 3.63) is 70.3 Å². The molecule has 156 valence electrons. The molecule has 0 saturated heterocycles. The highest BCUT2D eigenvalue weighted by molar-refractivity contribution is 5.91. The number of nitrogens with zero attached hydrogens (tertiary/aromatic N) is 5. The van der Waals surface area contributed by atoms with E-state index in [2.05, 4.69) is 20.6 Å². The third kappa shape index (κ3) is 3.70. The van der Waals surface area contributed by atoms with Crippen molar-refractivity contribution < 1.29 is 14.3 Å². The normalized spacial score (nSPS) is 12.3. The number of amides is 1. The molecular formula is C21H18N6O4. The summed E-state index contributed by atoms with van der Waals surface area (Å²) in [6, 6.07) is 13.1. The van der Waals surface area contributed by atoms with Gasteiger partial charge in [-0.2, -0.15) is 0 Å². The molecule has 1 amide bonds. The van der Waals surface area contributed by atoms with Gasteiger partial charge in [-0.1, -0.05) is 35.0 Å². The zero-order valence-electron chi connectivity index (χ0n) is 16.6. The number of anilines is 1. The SMILES string of the molecule is Cc1ccc(Cn2nnc3c(=O)n(CC(=O)Nc4ccc5c(c4)OCO5)cnc32)cc1. The van der Waals surface area contributed by atoms with E-state index in [9.17, 15) is 9.59 Å². The van der Waals surface area contributed by atoms with Crippen LogP contribution in [0.4, 0.5) is 5.69 Å². The van der Waals surface area contributed by atoms with E-state index in [0.717, 1.165) is 11.1 Å². The number of nitrogens with one attached hydrogen (secondary N) is 1. The molecule has 10 nitrogen and oxygen atoms in total. The van der Waals surface area contributed by atoms with Crippen LogP contribution in [0.25, 0.3) is 11.2 Å². The summed E-state index contributed by atoms with van der Waals surface area (Å²) in [5.41, 5.74) is 2.78. The van der Waals surface area contributed by atoms with E-state index in [1.54, 1.807) is 22.9 Å². The van der Waals surface area contributed by atoms with Crippen molar-refractivity contribution in [1.82, 2.24) is 24.5 Å². The number of rotatable bonds is 5. The molecule has 31 heavy (non-hydrogen) atoms. The molecule has 0 aliphatic carbocycles. The Balaban J connectivity index is 1.33. The first-order valence-electron chi connectivity index (χ1n) is 9.60. The summed E-state index contributed by atoms with van der Waals surface area (Å²) < 4.78 is 13.3. The number of carbonyl (C=O) groups is 1. The van der Waals surface area contributed by atoms with Gasteiger partial charge in [0.25, 0.3) is 5.56 Å². The lowest BCUT2D eigenvalue weighted by atomic mass is 10.1. The van der Waals surface area contributed by atoms with Crippen molar-refractivity contribution >= 4 is 22.8 Å². The first kappa shape index (κ1) is 18.8. The predicted octanol–water partition coefficient (Wildman–Crippen LogP) is 1.71. The Kier molecular flexibility index (Phi) is 4.58. The van der Waals surface area contributed by atoms with E-state index >= 15 is 0 Å². The first-order valence-corrected chi connectivity index (χ1v) is 9.60. The number of hydrogen-bond donors (Lipinski definition) is 1. The Morgan fingerprint density at radius 1 is 1.13 bits per heavy atom. The van der Waals surface area contributed by atoms with Crippen molar-refractivity contribution in [3.63, 3.8) is 0 Å². The van der Waals surface area contributed by atoms with Crippen molar-refractivity contribution in [2.24, 2.45) is 0 Å². The number of carbonyl (C=O) groups excluding carboxylic acids is 1. The van der Waals surface area contributed by atoms with Crippen molar-refractivity contribution in [1.29, 1.82) is 0 Å². The molecule has 1 aliphatic heterocycles. The smallest absolute Gasteiger partial charge is 0.283 e. The molecule has 1 aliphatic rings. The van der Waals surface area contributed by atoms with E-state index in [0.29, 0.717) is 29.4 Å². The van der Waals surface area contributed by atoms with Gasteiger partial charge < -0.3 is 14.8 Å². The van der Waals surface area contributed by atoms with Crippen LogP contribution in [0.3, 0.4) is 0 Å². The number of benzene rings is 2. The van der Waals surface area contributed by atoms with Crippen LogP contribution >= 0.6 is 0 Å². The van der Waals surface area contributed by atoms with Gasteiger partial charge in [0, 0.05) is 11.8 Å². The van der Waals surface area contributed by atoms with Crippen LogP contribution in [-0.2, 0) is 17.9 Å². The monoisotopic (exact) mass is 418 g/mol. The van der Waals surface area contributed by atoms with Gasteiger partial charge in [-0.3, -0.25) is 14.2 Å². The molecule has 0 saturated carbocycles. The fourth-order valence-electron chi connectivity index (χ4n) is 3.30. The molecule has 4 aromatic rings. The molecule has 3 heterocycles. The maximum Gasteiger partial charge on any atom is 0.283 e. The van der Waals surface area contributed by atoms with Crippen molar-refractivity contribution in [3.8, 4) is 11.5 Å². The number of hydrogen-bond acceptors (Lipinski definition) is 7. The van der Waals surface area contributed by atoms with Gasteiger partial charge in [0.2, 0.25) is 12.7 Å². The minimum Gasteiger partial charge on any atom is -0.454 e. The largest absolute Gasteiger partial charge is 0.454 e.